The van der Waals surface area contributed by atoms with E-state index in [1.54, 1.807) is 18.8 Å². The summed E-state index contributed by atoms with van der Waals surface area (Å²) in [6.07, 6.45) is 2.52. The third kappa shape index (κ3) is 2.70. The Hall–Kier alpha value is -2.57. The number of aromatic nitrogens is 2. The quantitative estimate of drug-likeness (QED) is 0.621. The molecule has 1 aliphatic heterocycles. The third-order valence-electron chi connectivity index (χ3n) is 4.61. The molecule has 0 bridgehead atoms. The largest absolute Gasteiger partial charge is 0.497 e. The molecule has 1 aromatic carbocycles. The van der Waals surface area contributed by atoms with Gasteiger partial charge in [-0.3, -0.25) is 10.1 Å². The lowest BCUT2D eigenvalue weighted by atomic mass is 10.0. The molecule has 1 fully saturated rings. The fraction of sp³-hybridized carbons (Fsp3) is 0.471. The van der Waals surface area contributed by atoms with E-state index in [4.69, 9.17) is 4.74 Å². The normalized spacial score (nSPS) is 17.3. The van der Waals surface area contributed by atoms with Gasteiger partial charge in [0.15, 0.2) is 0 Å². The SMILES string of the molecule is CCc1nn(C)c(N2CCCC2c2ccc(OC)cc2)c1[N+](=O)[O-]. The monoisotopic (exact) mass is 330 g/mol. The lowest BCUT2D eigenvalue weighted by Gasteiger charge is -2.26. The fourth-order valence-electron chi connectivity index (χ4n) is 3.50. The average Bonchev–Trinajstić information content (AvgIpc) is 3.18. The van der Waals surface area contributed by atoms with Gasteiger partial charge >= 0.3 is 5.69 Å². The maximum atomic E-state index is 11.6. The predicted molar refractivity (Wildman–Crippen MR) is 91.6 cm³/mol. The second-order valence-electron chi connectivity index (χ2n) is 5.98. The van der Waals surface area contributed by atoms with Crippen molar-refractivity contribution in [3.8, 4) is 5.75 Å². The van der Waals surface area contributed by atoms with E-state index in [2.05, 4.69) is 10.00 Å². The van der Waals surface area contributed by atoms with Crippen LogP contribution in [0.5, 0.6) is 5.75 Å². The van der Waals surface area contributed by atoms with Crippen molar-refractivity contribution in [1.29, 1.82) is 0 Å². The molecule has 0 radical (unpaired) electrons. The van der Waals surface area contributed by atoms with Gasteiger partial charge in [0.25, 0.3) is 0 Å². The summed E-state index contributed by atoms with van der Waals surface area (Å²) >= 11 is 0. The number of rotatable bonds is 5. The smallest absolute Gasteiger partial charge is 0.334 e. The molecular weight excluding hydrogens is 308 g/mol. The standard InChI is InChI=1S/C17H22N4O3/c1-4-14-16(21(22)23)17(19(2)18-14)20-11-5-6-15(20)12-7-9-13(24-3)10-8-12/h7-10,15H,4-6,11H2,1-3H3. The number of aryl methyl sites for hydroxylation is 2. The molecule has 128 valence electrons. The Balaban J connectivity index is 2.01. The molecule has 2 heterocycles. The van der Waals surface area contributed by atoms with Gasteiger partial charge in [0.1, 0.15) is 11.4 Å². The van der Waals surface area contributed by atoms with Crippen LogP contribution in [0, 0.1) is 10.1 Å². The van der Waals surface area contributed by atoms with Crippen LogP contribution < -0.4 is 9.64 Å². The van der Waals surface area contributed by atoms with Crippen LogP contribution in [0.2, 0.25) is 0 Å². The highest BCUT2D eigenvalue weighted by atomic mass is 16.6. The minimum absolute atomic E-state index is 0.120. The van der Waals surface area contributed by atoms with Crippen LogP contribution in [-0.4, -0.2) is 28.4 Å². The summed E-state index contributed by atoms with van der Waals surface area (Å²) in [5, 5.41) is 16.0. The number of hydrogen-bond acceptors (Lipinski definition) is 5. The Morgan fingerprint density at radius 3 is 2.67 bits per heavy atom. The van der Waals surface area contributed by atoms with Gasteiger partial charge in [-0.25, -0.2) is 4.68 Å². The molecule has 1 unspecified atom stereocenters. The van der Waals surface area contributed by atoms with Gasteiger partial charge in [-0.15, -0.1) is 0 Å². The summed E-state index contributed by atoms with van der Waals surface area (Å²) in [6, 6.07) is 8.05. The Kier molecular flexibility index (Phi) is 4.42. The van der Waals surface area contributed by atoms with Crippen LogP contribution in [0.25, 0.3) is 0 Å². The summed E-state index contributed by atoms with van der Waals surface area (Å²) < 4.78 is 6.87. The minimum atomic E-state index is -0.301. The second-order valence-corrected chi connectivity index (χ2v) is 5.98. The number of methoxy groups -OCH3 is 1. The first-order valence-corrected chi connectivity index (χ1v) is 8.17. The molecule has 0 aliphatic carbocycles. The second kappa shape index (κ2) is 6.51. The van der Waals surface area contributed by atoms with E-state index >= 15 is 0 Å². The van der Waals surface area contributed by atoms with Crippen LogP contribution in [0.3, 0.4) is 0 Å². The lowest BCUT2D eigenvalue weighted by molar-refractivity contribution is -0.384. The van der Waals surface area contributed by atoms with E-state index in [9.17, 15) is 10.1 Å². The summed E-state index contributed by atoms with van der Waals surface area (Å²) in [6.45, 7) is 2.68. The molecule has 7 nitrogen and oxygen atoms in total. The summed E-state index contributed by atoms with van der Waals surface area (Å²) in [5.41, 5.74) is 1.82. The number of benzene rings is 1. The molecule has 0 amide bonds. The molecule has 0 spiro atoms. The molecule has 24 heavy (non-hydrogen) atoms. The van der Waals surface area contributed by atoms with Gasteiger partial charge in [-0.1, -0.05) is 19.1 Å². The van der Waals surface area contributed by atoms with Crippen LogP contribution in [0.4, 0.5) is 11.5 Å². The number of ether oxygens (including phenoxy) is 1. The van der Waals surface area contributed by atoms with Crippen LogP contribution >= 0.6 is 0 Å². The summed E-state index contributed by atoms with van der Waals surface area (Å²) in [4.78, 5) is 13.4. The molecule has 2 aromatic rings. The highest BCUT2D eigenvalue weighted by Crippen LogP contribution is 2.41. The van der Waals surface area contributed by atoms with E-state index < -0.39 is 0 Å². The number of hydrogen-bond donors (Lipinski definition) is 0. The van der Waals surface area contributed by atoms with Crippen molar-refractivity contribution in [3.63, 3.8) is 0 Å². The number of nitrogens with zero attached hydrogens (tertiary/aromatic N) is 4. The Bertz CT molecular complexity index is 739. The van der Waals surface area contributed by atoms with E-state index in [0.29, 0.717) is 17.9 Å². The van der Waals surface area contributed by atoms with Crippen molar-refractivity contribution in [2.45, 2.75) is 32.2 Å². The zero-order valence-electron chi connectivity index (χ0n) is 14.2. The molecule has 0 saturated carbocycles. The topological polar surface area (TPSA) is 73.4 Å². The van der Waals surface area contributed by atoms with E-state index in [0.717, 1.165) is 30.7 Å². The molecule has 0 N–H and O–H groups in total. The lowest BCUT2D eigenvalue weighted by Crippen LogP contribution is -2.25. The van der Waals surface area contributed by atoms with Gasteiger partial charge in [0, 0.05) is 13.6 Å². The van der Waals surface area contributed by atoms with Crippen LogP contribution in [0.15, 0.2) is 24.3 Å². The molecular formula is C17H22N4O3. The molecule has 1 aromatic heterocycles. The zero-order chi connectivity index (χ0) is 17.3. The van der Waals surface area contributed by atoms with Crippen LogP contribution in [-0.2, 0) is 13.5 Å². The third-order valence-corrected chi connectivity index (χ3v) is 4.61. The van der Waals surface area contributed by atoms with Crippen molar-refractivity contribution in [1.82, 2.24) is 9.78 Å². The first kappa shape index (κ1) is 16.3. The van der Waals surface area contributed by atoms with Crippen molar-refractivity contribution in [2.24, 2.45) is 7.05 Å². The van der Waals surface area contributed by atoms with E-state index in [1.807, 2.05) is 31.2 Å². The van der Waals surface area contributed by atoms with Gasteiger partial charge in [0.2, 0.25) is 5.82 Å². The Morgan fingerprint density at radius 1 is 1.38 bits per heavy atom. The van der Waals surface area contributed by atoms with Crippen molar-refractivity contribution in [2.75, 3.05) is 18.6 Å². The number of nitro groups is 1. The fourth-order valence-corrected chi connectivity index (χ4v) is 3.50. The molecule has 1 atom stereocenters. The van der Waals surface area contributed by atoms with Crippen molar-refractivity contribution in [3.05, 3.63) is 45.6 Å². The minimum Gasteiger partial charge on any atom is -0.497 e. The molecule has 1 saturated heterocycles. The average molecular weight is 330 g/mol. The molecule has 7 heteroatoms. The van der Waals surface area contributed by atoms with Gasteiger partial charge in [-0.05, 0) is 37.0 Å². The zero-order valence-corrected chi connectivity index (χ0v) is 14.2. The van der Waals surface area contributed by atoms with Gasteiger partial charge < -0.3 is 9.64 Å². The van der Waals surface area contributed by atoms with Gasteiger partial charge in [0.05, 0.1) is 18.1 Å². The molecule has 1 aliphatic rings. The molecule has 3 rings (SSSR count). The maximum Gasteiger partial charge on any atom is 0.334 e. The summed E-state index contributed by atoms with van der Waals surface area (Å²) in [5.74, 6) is 1.42. The Labute approximate surface area is 141 Å². The predicted octanol–water partition coefficient (Wildman–Crippen LogP) is 3.24. The summed E-state index contributed by atoms with van der Waals surface area (Å²) in [7, 11) is 3.42. The van der Waals surface area contributed by atoms with E-state index in [-0.39, 0.29) is 16.7 Å². The Morgan fingerprint density at radius 2 is 2.08 bits per heavy atom. The van der Waals surface area contributed by atoms with Crippen molar-refractivity contribution >= 4 is 11.5 Å². The van der Waals surface area contributed by atoms with Crippen molar-refractivity contribution < 1.29 is 9.66 Å². The first-order chi connectivity index (χ1) is 11.6. The maximum absolute atomic E-state index is 11.6. The number of anilines is 1. The van der Waals surface area contributed by atoms with Crippen LogP contribution in [0.1, 0.15) is 37.1 Å². The highest BCUT2D eigenvalue weighted by Gasteiger charge is 2.36. The first-order valence-electron chi connectivity index (χ1n) is 8.17. The van der Waals surface area contributed by atoms with Gasteiger partial charge in [-0.2, -0.15) is 5.10 Å². The highest BCUT2D eigenvalue weighted by molar-refractivity contribution is 5.63. The van der Waals surface area contributed by atoms with E-state index in [1.165, 1.54) is 0 Å².